The first-order valence-electron chi connectivity index (χ1n) is 6.99. The Hall–Kier alpha value is -0.0200. The molecule has 0 radical (unpaired) electrons. The minimum absolute atomic E-state index is 0.0196. The lowest BCUT2D eigenvalue weighted by Gasteiger charge is -2.43. The predicted molar refractivity (Wildman–Crippen MR) is 74.5 cm³/mol. The molecule has 0 aromatic rings. The third-order valence-corrected chi connectivity index (χ3v) is 5.97. The van der Waals surface area contributed by atoms with Gasteiger partial charge in [-0.3, -0.25) is 4.90 Å². The van der Waals surface area contributed by atoms with Gasteiger partial charge in [-0.1, -0.05) is 26.2 Å². The highest BCUT2D eigenvalue weighted by molar-refractivity contribution is 8.00. The van der Waals surface area contributed by atoms with Gasteiger partial charge in [-0.15, -0.1) is 0 Å². The van der Waals surface area contributed by atoms with Crippen molar-refractivity contribution < 1.29 is 4.79 Å². The Morgan fingerprint density at radius 3 is 2.65 bits per heavy atom. The van der Waals surface area contributed by atoms with E-state index in [-0.39, 0.29) is 5.41 Å². The Morgan fingerprint density at radius 1 is 1.29 bits per heavy atom. The molecule has 0 spiro atoms. The van der Waals surface area contributed by atoms with Gasteiger partial charge < -0.3 is 4.79 Å². The summed E-state index contributed by atoms with van der Waals surface area (Å²) in [4.78, 5) is 14.1. The normalized spacial score (nSPS) is 34.5. The number of aldehydes is 1. The van der Waals surface area contributed by atoms with E-state index in [1.807, 2.05) is 0 Å². The van der Waals surface area contributed by atoms with Crippen LogP contribution in [0, 0.1) is 5.41 Å². The molecule has 2 fully saturated rings. The number of thioether (sulfide) groups is 1. The lowest BCUT2D eigenvalue weighted by Crippen LogP contribution is -2.50. The zero-order valence-corrected chi connectivity index (χ0v) is 12.0. The summed E-state index contributed by atoms with van der Waals surface area (Å²) >= 11 is 2.07. The van der Waals surface area contributed by atoms with Crippen molar-refractivity contribution in [2.45, 2.75) is 57.2 Å². The number of hydrogen-bond acceptors (Lipinski definition) is 3. The highest BCUT2D eigenvalue weighted by Gasteiger charge is 2.36. The Balaban J connectivity index is 1.99. The number of hydrogen-bond donors (Lipinski definition) is 0. The molecule has 98 valence electrons. The molecule has 2 unspecified atom stereocenters. The molecule has 2 aliphatic rings. The summed E-state index contributed by atoms with van der Waals surface area (Å²) in [5, 5.41) is 0.705. The summed E-state index contributed by atoms with van der Waals surface area (Å²) in [6.45, 7) is 6.79. The van der Waals surface area contributed by atoms with Crippen LogP contribution in [0.5, 0.6) is 0 Å². The average Bonchev–Trinajstić information content (AvgIpc) is 2.36. The second-order valence-electron chi connectivity index (χ2n) is 5.83. The van der Waals surface area contributed by atoms with Crippen molar-refractivity contribution in [3.8, 4) is 0 Å². The minimum atomic E-state index is -0.0196. The average molecular weight is 255 g/mol. The molecule has 1 aliphatic heterocycles. The fraction of sp³-hybridized carbons (Fsp3) is 0.929. The van der Waals surface area contributed by atoms with Crippen LogP contribution in [-0.4, -0.2) is 41.3 Å². The van der Waals surface area contributed by atoms with Crippen LogP contribution in [0.25, 0.3) is 0 Å². The van der Waals surface area contributed by atoms with E-state index in [2.05, 4.69) is 30.5 Å². The third kappa shape index (κ3) is 3.05. The fourth-order valence-electron chi connectivity index (χ4n) is 3.19. The van der Waals surface area contributed by atoms with Crippen LogP contribution >= 0.6 is 11.8 Å². The molecule has 2 rings (SSSR count). The van der Waals surface area contributed by atoms with Crippen molar-refractivity contribution in [1.29, 1.82) is 0 Å². The Labute approximate surface area is 110 Å². The van der Waals surface area contributed by atoms with Crippen molar-refractivity contribution in [3.63, 3.8) is 0 Å². The number of carbonyl (C=O) groups excluding carboxylic acids is 1. The first kappa shape index (κ1) is 13.4. The summed E-state index contributed by atoms with van der Waals surface area (Å²) < 4.78 is 0. The van der Waals surface area contributed by atoms with Gasteiger partial charge in [0.15, 0.2) is 0 Å². The van der Waals surface area contributed by atoms with E-state index in [4.69, 9.17) is 0 Å². The molecular formula is C14H25NOS. The van der Waals surface area contributed by atoms with E-state index in [1.54, 1.807) is 0 Å². The second kappa shape index (κ2) is 5.75. The first-order chi connectivity index (χ1) is 8.17. The maximum Gasteiger partial charge on any atom is 0.127 e. The lowest BCUT2D eigenvalue weighted by atomic mass is 9.74. The van der Waals surface area contributed by atoms with Gasteiger partial charge in [0.2, 0.25) is 0 Å². The van der Waals surface area contributed by atoms with Crippen LogP contribution in [0.15, 0.2) is 0 Å². The summed E-state index contributed by atoms with van der Waals surface area (Å²) in [6, 6.07) is 0.618. The van der Waals surface area contributed by atoms with Crippen molar-refractivity contribution in [2.75, 3.05) is 18.8 Å². The van der Waals surface area contributed by atoms with E-state index in [0.29, 0.717) is 11.3 Å². The van der Waals surface area contributed by atoms with Crippen molar-refractivity contribution >= 4 is 18.0 Å². The van der Waals surface area contributed by atoms with Crippen LogP contribution in [0.1, 0.15) is 46.0 Å². The van der Waals surface area contributed by atoms with E-state index in [9.17, 15) is 4.79 Å². The van der Waals surface area contributed by atoms with Crippen molar-refractivity contribution in [3.05, 3.63) is 0 Å². The lowest BCUT2D eigenvalue weighted by molar-refractivity contribution is -0.119. The Kier molecular flexibility index (Phi) is 4.53. The van der Waals surface area contributed by atoms with Crippen LogP contribution in [0.2, 0.25) is 0 Å². The highest BCUT2D eigenvalue weighted by atomic mass is 32.2. The predicted octanol–water partition coefficient (Wildman–Crippen LogP) is 2.96. The zero-order valence-electron chi connectivity index (χ0n) is 11.2. The Bertz CT molecular complexity index is 263. The summed E-state index contributed by atoms with van der Waals surface area (Å²) in [7, 11) is 0. The SMILES string of the molecule is CC1SCCN(CC2(C=O)CCCCC2)C1C. The molecule has 0 bridgehead atoms. The van der Waals surface area contributed by atoms with Gasteiger partial charge in [-0.05, 0) is 19.8 Å². The number of carbonyl (C=O) groups is 1. The largest absolute Gasteiger partial charge is 0.303 e. The van der Waals surface area contributed by atoms with Crippen LogP contribution < -0.4 is 0 Å². The van der Waals surface area contributed by atoms with Crippen LogP contribution in [0.3, 0.4) is 0 Å². The summed E-state index contributed by atoms with van der Waals surface area (Å²) in [5.74, 6) is 1.22. The maximum atomic E-state index is 11.5. The zero-order chi connectivity index (χ0) is 12.3. The van der Waals surface area contributed by atoms with E-state index < -0.39 is 0 Å². The molecule has 1 saturated carbocycles. The highest BCUT2D eigenvalue weighted by Crippen LogP contribution is 2.37. The standard InChI is InChI=1S/C14H25NOS/c1-12-13(2)17-9-8-15(12)10-14(11-16)6-4-3-5-7-14/h11-13H,3-10H2,1-2H3. The quantitative estimate of drug-likeness (QED) is 0.723. The molecule has 17 heavy (non-hydrogen) atoms. The van der Waals surface area contributed by atoms with E-state index in [0.717, 1.165) is 25.9 Å². The molecule has 1 aliphatic carbocycles. The molecule has 0 N–H and O–H groups in total. The molecule has 2 nitrogen and oxygen atoms in total. The molecule has 1 saturated heterocycles. The number of rotatable bonds is 3. The van der Waals surface area contributed by atoms with Crippen LogP contribution in [0.4, 0.5) is 0 Å². The topological polar surface area (TPSA) is 20.3 Å². The smallest absolute Gasteiger partial charge is 0.127 e. The van der Waals surface area contributed by atoms with E-state index in [1.165, 1.54) is 31.3 Å². The fourth-order valence-corrected chi connectivity index (χ4v) is 4.35. The second-order valence-corrected chi connectivity index (χ2v) is 7.31. The van der Waals surface area contributed by atoms with Gasteiger partial charge >= 0.3 is 0 Å². The first-order valence-corrected chi connectivity index (χ1v) is 8.04. The minimum Gasteiger partial charge on any atom is -0.303 e. The molecule has 2 atom stereocenters. The summed E-state index contributed by atoms with van der Waals surface area (Å²) in [5.41, 5.74) is -0.0196. The Morgan fingerprint density at radius 2 is 2.00 bits per heavy atom. The van der Waals surface area contributed by atoms with Gasteiger partial charge in [0.25, 0.3) is 0 Å². The maximum absolute atomic E-state index is 11.5. The van der Waals surface area contributed by atoms with Gasteiger partial charge in [0.1, 0.15) is 6.29 Å². The van der Waals surface area contributed by atoms with Gasteiger partial charge in [0.05, 0.1) is 0 Å². The monoisotopic (exact) mass is 255 g/mol. The summed E-state index contributed by atoms with van der Waals surface area (Å²) in [6.07, 6.45) is 7.29. The number of nitrogens with zero attached hydrogens (tertiary/aromatic N) is 1. The van der Waals surface area contributed by atoms with Gasteiger partial charge in [-0.2, -0.15) is 11.8 Å². The molecule has 3 heteroatoms. The van der Waals surface area contributed by atoms with Gasteiger partial charge in [0, 0.05) is 35.5 Å². The molecule has 1 heterocycles. The molecule has 0 amide bonds. The van der Waals surface area contributed by atoms with Crippen molar-refractivity contribution in [1.82, 2.24) is 4.90 Å². The van der Waals surface area contributed by atoms with E-state index >= 15 is 0 Å². The van der Waals surface area contributed by atoms with Crippen LogP contribution in [-0.2, 0) is 4.79 Å². The van der Waals surface area contributed by atoms with Crippen molar-refractivity contribution in [2.24, 2.45) is 5.41 Å². The third-order valence-electron chi connectivity index (χ3n) is 4.63. The molecule has 0 aromatic carbocycles. The molecular weight excluding hydrogens is 230 g/mol. The van der Waals surface area contributed by atoms with Gasteiger partial charge in [-0.25, -0.2) is 0 Å². The molecule has 0 aromatic heterocycles.